The van der Waals surface area contributed by atoms with E-state index in [4.69, 9.17) is 9.52 Å². The molecule has 4 heteroatoms. The second-order valence-electron chi connectivity index (χ2n) is 4.36. The monoisotopic (exact) mass is 254 g/mol. The average Bonchev–Trinajstić information content (AvgIpc) is 2.75. The van der Waals surface area contributed by atoms with Gasteiger partial charge in [-0.1, -0.05) is 12.1 Å². The molecule has 0 aliphatic heterocycles. The molecule has 0 bridgehead atoms. The minimum Gasteiger partial charge on any atom is -0.478 e. The van der Waals surface area contributed by atoms with Gasteiger partial charge in [-0.2, -0.15) is 0 Å². The van der Waals surface area contributed by atoms with Gasteiger partial charge in [-0.15, -0.1) is 0 Å². The van der Waals surface area contributed by atoms with E-state index in [0.717, 1.165) is 5.39 Å². The van der Waals surface area contributed by atoms with E-state index in [9.17, 15) is 9.59 Å². The van der Waals surface area contributed by atoms with Crippen LogP contribution in [0.2, 0.25) is 0 Å². The van der Waals surface area contributed by atoms with E-state index < -0.39 is 5.97 Å². The summed E-state index contributed by atoms with van der Waals surface area (Å²) in [5.41, 5.74) is 1.62. The number of aromatic carboxylic acids is 1. The number of carbonyl (C=O) groups excluding carboxylic acids is 1. The lowest BCUT2D eigenvalue weighted by atomic mass is 10.1. The van der Waals surface area contributed by atoms with Gasteiger partial charge in [0.2, 0.25) is 0 Å². The fourth-order valence-electron chi connectivity index (χ4n) is 2.19. The van der Waals surface area contributed by atoms with Gasteiger partial charge in [0.05, 0.1) is 0 Å². The number of carboxylic acid groups (broad SMARTS) is 1. The maximum absolute atomic E-state index is 11.4. The largest absolute Gasteiger partial charge is 0.478 e. The molecule has 0 aliphatic rings. The lowest BCUT2D eigenvalue weighted by Gasteiger charge is -1.95. The Hall–Kier alpha value is -2.62. The first kappa shape index (κ1) is 11.5. The van der Waals surface area contributed by atoms with Crippen molar-refractivity contribution in [2.45, 2.75) is 6.92 Å². The average molecular weight is 254 g/mol. The quantitative estimate of drug-likeness (QED) is 0.711. The van der Waals surface area contributed by atoms with Crippen molar-refractivity contribution in [3.8, 4) is 0 Å². The number of carboxylic acids is 1. The molecule has 1 aromatic heterocycles. The molecule has 0 spiro atoms. The van der Waals surface area contributed by atoms with Crippen LogP contribution in [-0.2, 0) is 0 Å². The van der Waals surface area contributed by atoms with E-state index in [1.165, 1.54) is 13.0 Å². The van der Waals surface area contributed by atoms with E-state index in [0.29, 0.717) is 22.1 Å². The summed E-state index contributed by atoms with van der Waals surface area (Å²) >= 11 is 0. The van der Waals surface area contributed by atoms with Crippen molar-refractivity contribution in [3.05, 3.63) is 47.5 Å². The maximum atomic E-state index is 11.4. The van der Waals surface area contributed by atoms with Crippen molar-refractivity contribution in [2.24, 2.45) is 0 Å². The fourth-order valence-corrected chi connectivity index (χ4v) is 2.19. The summed E-state index contributed by atoms with van der Waals surface area (Å²) in [6.45, 7) is 1.49. The first-order valence-corrected chi connectivity index (χ1v) is 5.77. The third-order valence-electron chi connectivity index (χ3n) is 3.13. The third kappa shape index (κ3) is 1.69. The standard InChI is InChI=1S/C15H10O4/c1-8(16)9-5-6-13-12(7-9)10-3-2-4-11(15(17)18)14(10)19-13/h2-7H,1H3,(H,17,18). The number of hydrogen-bond donors (Lipinski definition) is 1. The Kier molecular flexibility index (Phi) is 2.38. The maximum Gasteiger partial charge on any atom is 0.339 e. The van der Waals surface area contributed by atoms with Gasteiger partial charge in [0, 0.05) is 16.3 Å². The van der Waals surface area contributed by atoms with Crippen LogP contribution in [0.4, 0.5) is 0 Å². The number of benzene rings is 2. The van der Waals surface area contributed by atoms with Crippen LogP contribution in [0.15, 0.2) is 40.8 Å². The number of Topliss-reactive ketones (excluding diaryl/α,β-unsaturated/α-hetero) is 1. The Morgan fingerprint density at radius 2 is 1.89 bits per heavy atom. The van der Waals surface area contributed by atoms with E-state index in [1.54, 1.807) is 30.3 Å². The van der Waals surface area contributed by atoms with E-state index in [2.05, 4.69) is 0 Å². The van der Waals surface area contributed by atoms with Gasteiger partial charge in [-0.05, 0) is 31.2 Å². The van der Waals surface area contributed by atoms with E-state index in [-0.39, 0.29) is 11.3 Å². The number of furan rings is 1. The molecular weight excluding hydrogens is 244 g/mol. The highest BCUT2D eigenvalue weighted by molar-refractivity contribution is 6.13. The summed E-state index contributed by atoms with van der Waals surface area (Å²) in [4.78, 5) is 22.6. The summed E-state index contributed by atoms with van der Waals surface area (Å²) in [5, 5.41) is 10.6. The van der Waals surface area contributed by atoms with Gasteiger partial charge in [0.1, 0.15) is 16.7 Å². The predicted molar refractivity (Wildman–Crippen MR) is 70.7 cm³/mol. The van der Waals surface area contributed by atoms with Crippen molar-refractivity contribution < 1.29 is 19.1 Å². The summed E-state index contributed by atoms with van der Waals surface area (Å²) in [7, 11) is 0. The van der Waals surface area contributed by atoms with Gasteiger partial charge in [-0.25, -0.2) is 4.79 Å². The first-order valence-electron chi connectivity index (χ1n) is 5.77. The molecule has 0 amide bonds. The van der Waals surface area contributed by atoms with Crippen molar-refractivity contribution in [1.29, 1.82) is 0 Å². The van der Waals surface area contributed by atoms with Crippen LogP contribution in [0, 0.1) is 0 Å². The van der Waals surface area contributed by atoms with Crippen molar-refractivity contribution in [1.82, 2.24) is 0 Å². The van der Waals surface area contributed by atoms with Crippen LogP contribution in [0.1, 0.15) is 27.6 Å². The van der Waals surface area contributed by atoms with Crippen molar-refractivity contribution in [2.75, 3.05) is 0 Å². The second kappa shape index (κ2) is 3.95. The molecule has 0 fully saturated rings. The molecule has 94 valence electrons. The molecule has 0 atom stereocenters. The summed E-state index contributed by atoms with van der Waals surface area (Å²) in [6.07, 6.45) is 0. The number of rotatable bonds is 2. The van der Waals surface area contributed by atoms with E-state index >= 15 is 0 Å². The molecule has 0 saturated heterocycles. The number of carbonyl (C=O) groups is 2. The Bertz CT molecular complexity index is 827. The zero-order valence-corrected chi connectivity index (χ0v) is 10.1. The van der Waals surface area contributed by atoms with Gasteiger partial charge in [0.15, 0.2) is 5.78 Å². The lowest BCUT2D eigenvalue weighted by Crippen LogP contribution is -1.95. The van der Waals surface area contributed by atoms with Crippen LogP contribution >= 0.6 is 0 Å². The highest BCUT2D eigenvalue weighted by Gasteiger charge is 2.15. The minimum absolute atomic E-state index is 0.0364. The first-order chi connectivity index (χ1) is 9.08. The second-order valence-corrected chi connectivity index (χ2v) is 4.36. The zero-order chi connectivity index (χ0) is 13.6. The molecule has 4 nitrogen and oxygen atoms in total. The topological polar surface area (TPSA) is 67.5 Å². The van der Waals surface area contributed by atoms with Crippen LogP contribution in [0.3, 0.4) is 0 Å². The van der Waals surface area contributed by atoms with Crippen LogP contribution < -0.4 is 0 Å². The van der Waals surface area contributed by atoms with Gasteiger partial charge >= 0.3 is 5.97 Å². The molecular formula is C15H10O4. The third-order valence-corrected chi connectivity index (χ3v) is 3.13. The van der Waals surface area contributed by atoms with Gasteiger partial charge < -0.3 is 9.52 Å². The molecule has 0 radical (unpaired) electrons. The SMILES string of the molecule is CC(=O)c1ccc2oc3c(C(=O)O)cccc3c2c1. The smallest absolute Gasteiger partial charge is 0.339 e. The van der Waals surface area contributed by atoms with Crippen LogP contribution in [0.5, 0.6) is 0 Å². The molecule has 0 aliphatic carbocycles. The molecule has 3 aromatic rings. The zero-order valence-electron chi connectivity index (χ0n) is 10.1. The molecule has 1 heterocycles. The highest BCUT2D eigenvalue weighted by atomic mass is 16.4. The Labute approximate surface area is 108 Å². The lowest BCUT2D eigenvalue weighted by molar-refractivity contribution is 0.0697. The number of fused-ring (bicyclic) bond motifs is 3. The van der Waals surface area contributed by atoms with E-state index in [1.807, 2.05) is 0 Å². The van der Waals surface area contributed by atoms with Crippen LogP contribution in [-0.4, -0.2) is 16.9 Å². The number of para-hydroxylation sites is 1. The molecule has 19 heavy (non-hydrogen) atoms. The number of hydrogen-bond acceptors (Lipinski definition) is 3. The summed E-state index contributed by atoms with van der Waals surface area (Å²) < 4.78 is 5.59. The molecule has 1 N–H and O–H groups in total. The summed E-state index contributed by atoms with van der Waals surface area (Å²) in [6, 6.07) is 10.1. The normalized spacial score (nSPS) is 11.0. The minimum atomic E-state index is -1.03. The fraction of sp³-hybridized carbons (Fsp3) is 0.0667. The summed E-state index contributed by atoms with van der Waals surface area (Å²) in [5.74, 6) is -1.07. The Morgan fingerprint density at radius 3 is 2.58 bits per heavy atom. The predicted octanol–water partition coefficient (Wildman–Crippen LogP) is 3.49. The van der Waals surface area contributed by atoms with Gasteiger partial charge in [-0.3, -0.25) is 4.79 Å². The van der Waals surface area contributed by atoms with Crippen LogP contribution in [0.25, 0.3) is 21.9 Å². The van der Waals surface area contributed by atoms with Gasteiger partial charge in [0.25, 0.3) is 0 Å². The molecule has 0 unspecified atom stereocenters. The Morgan fingerprint density at radius 1 is 1.11 bits per heavy atom. The molecule has 3 rings (SSSR count). The van der Waals surface area contributed by atoms with Crippen molar-refractivity contribution >= 4 is 33.7 Å². The Balaban J connectivity index is 2.43. The highest BCUT2D eigenvalue weighted by Crippen LogP contribution is 2.31. The number of ketones is 1. The molecule has 2 aromatic carbocycles. The van der Waals surface area contributed by atoms with Crippen molar-refractivity contribution in [3.63, 3.8) is 0 Å². The molecule has 0 saturated carbocycles.